The summed E-state index contributed by atoms with van der Waals surface area (Å²) in [7, 11) is 0. The minimum atomic E-state index is -0.502. The molecule has 3 N–H and O–H groups in total. The number of nitrogens with one attached hydrogen (secondary N) is 3. The van der Waals surface area contributed by atoms with Crippen LogP contribution in [0.15, 0.2) is 49.1 Å². The molecule has 1 aromatic carbocycles. The first-order valence-electron chi connectivity index (χ1n) is 12.6. The van der Waals surface area contributed by atoms with Crippen molar-refractivity contribution in [3.8, 4) is 5.82 Å². The standard InChI is InChI=1S/C26H33N9O3/c1-26(2,3)25(38)31-20-6-4-18(5-7-20)23(36)28-12-13-29-24(37)19-10-14-34(15-11-19)21-8-9-22(33-32-21)35-17-27-16-30-35/h4-9,16-17,19H,10-15H2,1-3H3,(H,28,36)(H,29,37)(H,31,38). The summed E-state index contributed by atoms with van der Waals surface area (Å²) in [6, 6.07) is 10.4. The molecule has 200 valence electrons. The fourth-order valence-corrected chi connectivity index (χ4v) is 3.94. The largest absolute Gasteiger partial charge is 0.355 e. The van der Waals surface area contributed by atoms with E-state index in [2.05, 4.69) is 41.1 Å². The van der Waals surface area contributed by atoms with Gasteiger partial charge in [-0.15, -0.1) is 10.2 Å². The highest BCUT2D eigenvalue weighted by molar-refractivity contribution is 5.97. The van der Waals surface area contributed by atoms with Crippen LogP contribution < -0.4 is 20.9 Å². The SMILES string of the molecule is CC(C)(C)C(=O)Nc1ccc(C(=O)NCCNC(=O)C2CCN(c3ccc(-n4cncn4)nn3)CC2)cc1. The quantitative estimate of drug-likeness (QED) is 0.382. The Balaban J connectivity index is 1.15. The number of hydrogen-bond donors (Lipinski definition) is 3. The maximum atomic E-state index is 12.6. The Morgan fingerprint density at radius 3 is 2.18 bits per heavy atom. The number of hydrogen-bond acceptors (Lipinski definition) is 8. The predicted octanol–water partition coefficient (Wildman–Crippen LogP) is 1.80. The lowest BCUT2D eigenvalue weighted by Gasteiger charge is -2.31. The summed E-state index contributed by atoms with van der Waals surface area (Å²) in [6.07, 6.45) is 4.42. The second-order valence-electron chi connectivity index (χ2n) is 10.2. The monoisotopic (exact) mass is 519 g/mol. The van der Waals surface area contributed by atoms with E-state index in [1.54, 1.807) is 35.3 Å². The molecule has 0 radical (unpaired) electrons. The summed E-state index contributed by atoms with van der Waals surface area (Å²) in [5.41, 5.74) is 0.614. The predicted molar refractivity (Wildman–Crippen MR) is 142 cm³/mol. The van der Waals surface area contributed by atoms with Crippen LogP contribution in [0.2, 0.25) is 0 Å². The van der Waals surface area contributed by atoms with Crippen molar-refractivity contribution in [2.24, 2.45) is 11.3 Å². The lowest BCUT2D eigenvalue weighted by Crippen LogP contribution is -2.42. The molecule has 1 aliphatic rings. The van der Waals surface area contributed by atoms with E-state index in [-0.39, 0.29) is 23.6 Å². The summed E-state index contributed by atoms with van der Waals surface area (Å²) in [4.78, 5) is 43.1. The fraction of sp³-hybridized carbons (Fsp3) is 0.423. The fourth-order valence-electron chi connectivity index (χ4n) is 3.94. The average Bonchev–Trinajstić information content (AvgIpc) is 3.46. The van der Waals surface area contributed by atoms with Crippen LogP contribution in [0.25, 0.3) is 5.82 Å². The van der Waals surface area contributed by atoms with Gasteiger partial charge in [0.1, 0.15) is 12.7 Å². The summed E-state index contributed by atoms with van der Waals surface area (Å²) >= 11 is 0. The Bertz CT molecular complexity index is 1230. The van der Waals surface area contributed by atoms with E-state index >= 15 is 0 Å². The molecule has 1 saturated heterocycles. The first-order valence-corrected chi connectivity index (χ1v) is 12.6. The molecule has 0 aliphatic carbocycles. The number of nitrogens with zero attached hydrogens (tertiary/aromatic N) is 6. The van der Waals surface area contributed by atoms with Crippen molar-refractivity contribution in [2.45, 2.75) is 33.6 Å². The van der Waals surface area contributed by atoms with Crippen molar-refractivity contribution in [3.05, 3.63) is 54.6 Å². The number of aromatic nitrogens is 5. The minimum Gasteiger partial charge on any atom is -0.355 e. The van der Waals surface area contributed by atoms with E-state index in [0.717, 1.165) is 5.82 Å². The molecule has 12 nitrogen and oxygen atoms in total. The highest BCUT2D eigenvalue weighted by Gasteiger charge is 2.26. The molecule has 0 atom stereocenters. The Kier molecular flexibility index (Phi) is 8.29. The zero-order valence-electron chi connectivity index (χ0n) is 21.8. The number of amides is 3. The van der Waals surface area contributed by atoms with Crippen molar-refractivity contribution in [1.82, 2.24) is 35.6 Å². The van der Waals surface area contributed by atoms with Crippen LogP contribution >= 0.6 is 0 Å². The van der Waals surface area contributed by atoms with Gasteiger partial charge in [-0.1, -0.05) is 20.8 Å². The molecule has 3 aromatic rings. The van der Waals surface area contributed by atoms with E-state index in [9.17, 15) is 14.4 Å². The summed E-state index contributed by atoms with van der Waals surface area (Å²) in [6.45, 7) is 7.59. The Morgan fingerprint density at radius 1 is 0.921 bits per heavy atom. The van der Waals surface area contributed by atoms with Crippen LogP contribution in [0.3, 0.4) is 0 Å². The number of anilines is 2. The van der Waals surface area contributed by atoms with Gasteiger partial charge in [-0.25, -0.2) is 9.67 Å². The van der Waals surface area contributed by atoms with Crippen LogP contribution in [-0.2, 0) is 9.59 Å². The normalized spacial score (nSPS) is 14.1. The van der Waals surface area contributed by atoms with Gasteiger partial charge < -0.3 is 20.9 Å². The molecule has 0 saturated carbocycles. The van der Waals surface area contributed by atoms with Gasteiger partial charge in [-0.05, 0) is 49.2 Å². The van der Waals surface area contributed by atoms with Crippen LogP contribution in [0.4, 0.5) is 11.5 Å². The first kappa shape index (κ1) is 26.7. The average molecular weight is 520 g/mol. The van der Waals surface area contributed by atoms with Crippen molar-refractivity contribution in [1.29, 1.82) is 0 Å². The maximum Gasteiger partial charge on any atom is 0.251 e. The van der Waals surface area contributed by atoms with E-state index in [4.69, 9.17) is 0 Å². The third kappa shape index (κ3) is 6.90. The Labute approximate surface area is 221 Å². The summed E-state index contributed by atoms with van der Waals surface area (Å²) in [5, 5.41) is 21.1. The van der Waals surface area contributed by atoms with Gasteiger partial charge in [-0.2, -0.15) is 5.10 Å². The topological polar surface area (TPSA) is 147 Å². The molecule has 0 unspecified atom stereocenters. The minimum absolute atomic E-state index is 0.00884. The zero-order valence-corrected chi connectivity index (χ0v) is 21.8. The Morgan fingerprint density at radius 2 is 1.58 bits per heavy atom. The molecule has 4 rings (SSSR count). The second-order valence-corrected chi connectivity index (χ2v) is 10.2. The van der Waals surface area contributed by atoms with Crippen LogP contribution in [0, 0.1) is 11.3 Å². The molecule has 38 heavy (non-hydrogen) atoms. The first-order chi connectivity index (χ1) is 18.2. The molecule has 12 heteroatoms. The van der Waals surface area contributed by atoms with Gasteiger partial charge in [0.2, 0.25) is 11.8 Å². The molecule has 2 aromatic heterocycles. The van der Waals surface area contributed by atoms with Gasteiger partial charge in [0.25, 0.3) is 5.91 Å². The van der Waals surface area contributed by atoms with Gasteiger partial charge >= 0.3 is 0 Å². The van der Waals surface area contributed by atoms with E-state index in [1.807, 2.05) is 32.9 Å². The molecule has 3 heterocycles. The van der Waals surface area contributed by atoms with Crippen LogP contribution in [0.1, 0.15) is 44.0 Å². The Hall–Kier alpha value is -4.35. The highest BCUT2D eigenvalue weighted by atomic mass is 16.2. The van der Waals surface area contributed by atoms with Crippen molar-refractivity contribution < 1.29 is 14.4 Å². The smallest absolute Gasteiger partial charge is 0.251 e. The van der Waals surface area contributed by atoms with E-state index < -0.39 is 5.41 Å². The second kappa shape index (κ2) is 11.8. The van der Waals surface area contributed by atoms with Crippen molar-refractivity contribution in [2.75, 3.05) is 36.4 Å². The van der Waals surface area contributed by atoms with Gasteiger partial charge in [0.15, 0.2) is 11.6 Å². The van der Waals surface area contributed by atoms with Gasteiger partial charge in [0.05, 0.1) is 0 Å². The molecule has 1 aliphatic heterocycles. The molecular formula is C26H33N9O3. The number of piperidine rings is 1. The highest BCUT2D eigenvalue weighted by Crippen LogP contribution is 2.22. The van der Waals surface area contributed by atoms with Crippen molar-refractivity contribution in [3.63, 3.8) is 0 Å². The molecule has 0 spiro atoms. The van der Waals surface area contributed by atoms with Gasteiger partial charge in [0, 0.05) is 48.8 Å². The molecular weight excluding hydrogens is 486 g/mol. The molecule has 1 fully saturated rings. The zero-order chi connectivity index (χ0) is 27.1. The number of carbonyl (C=O) groups excluding carboxylic acids is 3. The number of carbonyl (C=O) groups is 3. The number of benzene rings is 1. The van der Waals surface area contributed by atoms with Crippen LogP contribution in [0.5, 0.6) is 0 Å². The number of rotatable bonds is 8. The van der Waals surface area contributed by atoms with E-state index in [1.165, 1.54) is 6.33 Å². The van der Waals surface area contributed by atoms with Crippen molar-refractivity contribution >= 4 is 29.2 Å². The summed E-state index contributed by atoms with van der Waals surface area (Å²) < 4.78 is 1.54. The molecule has 3 amide bonds. The maximum absolute atomic E-state index is 12.6. The van der Waals surface area contributed by atoms with Gasteiger partial charge in [-0.3, -0.25) is 14.4 Å². The lowest BCUT2D eigenvalue weighted by atomic mass is 9.95. The van der Waals surface area contributed by atoms with E-state index in [0.29, 0.717) is 56.1 Å². The summed E-state index contributed by atoms with van der Waals surface area (Å²) in [5.74, 6) is 0.930. The third-order valence-corrected chi connectivity index (χ3v) is 6.28. The van der Waals surface area contributed by atoms with Crippen LogP contribution in [-0.4, -0.2) is 68.9 Å². The third-order valence-electron chi connectivity index (χ3n) is 6.28. The lowest BCUT2D eigenvalue weighted by molar-refractivity contribution is -0.125. The molecule has 0 bridgehead atoms.